The Hall–Kier alpha value is -0.580. The third-order valence-electron chi connectivity index (χ3n) is 4.50. The summed E-state index contributed by atoms with van der Waals surface area (Å²) in [6, 6.07) is 7.63. The van der Waals surface area contributed by atoms with Gasteiger partial charge >= 0.3 is 0 Å². The van der Waals surface area contributed by atoms with Crippen LogP contribution in [0.1, 0.15) is 31.7 Å². The lowest BCUT2D eigenvalue weighted by Crippen LogP contribution is -2.45. The van der Waals surface area contributed by atoms with Gasteiger partial charge in [-0.05, 0) is 73.4 Å². The first-order valence-electron chi connectivity index (χ1n) is 7.96. The van der Waals surface area contributed by atoms with Crippen molar-refractivity contribution in [2.75, 3.05) is 32.1 Å². The Balaban J connectivity index is 2.09. The van der Waals surface area contributed by atoms with Gasteiger partial charge in [0.1, 0.15) is 0 Å². The molecule has 0 saturated carbocycles. The predicted octanol–water partition coefficient (Wildman–Crippen LogP) is 3.26. The van der Waals surface area contributed by atoms with Crippen LogP contribution in [0.15, 0.2) is 22.7 Å². The zero-order chi connectivity index (χ0) is 15.4. The van der Waals surface area contributed by atoms with E-state index in [0.717, 1.165) is 25.9 Å². The van der Waals surface area contributed by atoms with Crippen molar-refractivity contribution in [3.05, 3.63) is 28.2 Å². The van der Waals surface area contributed by atoms with Crippen LogP contribution in [0, 0.1) is 0 Å². The van der Waals surface area contributed by atoms with Gasteiger partial charge in [-0.2, -0.15) is 0 Å². The van der Waals surface area contributed by atoms with Gasteiger partial charge < -0.3 is 15.5 Å². The van der Waals surface area contributed by atoms with Crippen LogP contribution in [-0.4, -0.2) is 44.2 Å². The number of nitrogens with two attached hydrogens (primary N) is 1. The number of benzene rings is 1. The minimum atomic E-state index is 0.260. The van der Waals surface area contributed by atoms with Crippen molar-refractivity contribution < 1.29 is 0 Å². The molecule has 2 rings (SSSR count). The van der Waals surface area contributed by atoms with Crippen LogP contribution in [0.3, 0.4) is 0 Å². The molecular formula is C17H28BrN3. The van der Waals surface area contributed by atoms with Gasteiger partial charge in [-0.1, -0.05) is 13.0 Å². The van der Waals surface area contributed by atoms with E-state index in [2.05, 4.69) is 64.9 Å². The Labute approximate surface area is 137 Å². The molecule has 0 amide bonds. The molecule has 2 unspecified atom stereocenters. The SMILES string of the molecule is CCC(N)Cc1ccc(N2CCCC(N(C)C)C2)c(Br)c1. The van der Waals surface area contributed by atoms with Crippen molar-refractivity contribution in [2.45, 2.75) is 44.7 Å². The first kappa shape index (κ1) is 16.8. The normalized spacial score (nSPS) is 20.9. The van der Waals surface area contributed by atoms with E-state index in [1.807, 2.05) is 0 Å². The molecule has 2 atom stereocenters. The lowest BCUT2D eigenvalue weighted by atomic mass is 10.0. The van der Waals surface area contributed by atoms with E-state index in [1.54, 1.807) is 0 Å². The molecule has 1 heterocycles. The highest BCUT2D eigenvalue weighted by molar-refractivity contribution is 9.10. The Bertz CT molecular complexity index is 461. The number of likely N-dealkylation sites (N-methyl/N-ethyl adjacent to an activating group) is 1. The van der Waals surface area contributed by atoms with E-state index < -0.39 is 0 Å². The number of nitrogens with zero attached hydrogens (tertiary/aromatic N) is 2. The summed E-state index contributed by atoms with van der Waals surface area (Å²) in [5.74, 6) is 0. The third-order valence-corrected chi connectivity index (χ3v) is 5.14. The largest absolute Gasteiger partial charge is 0.369 e. The molecule has 118 valence electrons. The lowest BCUT2D eigenvalue weighted by molar-refractivity contribution is 0.258. The van der Waals surface area contributed by atoms with Crippen molar-refractivity contribution in [3.63, 3.8) is 0 Å². The monoisotopic (exact) mass is 353 g/mol. The fourth-order valence-corrected chi connectivity index (χ4v) is 3.65. The summed E-state index contributed by atoms with van der Waals surface area (Å²) in [7, 11) is 4.36. The second kappa shape index (κ2) is 7.61. The highest BCUT2D eigenvalue weighted by atomic mass is 79.9. The van der Waals surface area contributed by atoms with E-state index in [9.17, 15) is 0 Å². The maximum atomic E-state index is 6.06. The maximum absolute atomic E-state index is 6.06. The van der Waals surface area contributed by atoms with Gasteiger partial charge in [0, 0.05) is 29.6 Å². The molecule has 1 fully saturated rings. The van der Waals surface area contributed by atoms with Gasteiger partial charge in [0.25, 0.3) is 0 Å². The Morgan fingerprint density at radius 3 is 2.81 bits per heavy atom. The van der Waals surface area contributed by atoms with Crippen molar-refractivity contribution in [1.82, 2.24) is 4.90 Å². The summed E-state index contributed by atoms with van der Waals surface area (Å²) in [6.45, 7) is 4.40. The van der Waals surface area contributed by atoms with Gasteiger partial charge in [-0.3, -0.25) is 0 Å². The Kier molecular flexibility index (Phi) is 6.08. The molecule has 0 aliphatic carbocycles. The van der Waals surface area contributed by atoms with Crippen LogP contribution < -0.4 is 10.6 Å². The van der Waals surface area contributed by atoms with Crippen molar-refractivity contribution in [1.29, 1.82) is 0 Å². The molecule has 0 radical (unpaired) electrons. The molecule has 1 aromatic rings. The van der Waals surface area contributed by atoms with Gasteiger partial charge in [0.05, 0.1) is 5.69 Å². The molecule has 1 aliphatic rings. The van der Waals surface area contributed by atoms with E-state index in [-0.39, 0.29) is 6.04 Å². The number of piperidine rings is 1. The fraction of sp³-hybridized carbons (Fsp3) is 0.647. The third kappa shape index (κ3) is 4.44. The highest BCUT2D eigenvalue weighted by Crippen LogP contribution is 2.30. The quantitative estimate of drug-likeness (QED) is 0.881. The van der Waals surface area contributed by atoms with Gasteiger partial charge in [0.15, 0.2) is 0 Å². The van der Waals surface area contributed by atoms with E-state index in [4.69, 9.17) is 5.73 Å². The van der Waals surface area contributed by atoms with Gasteiger partial charge in [0.2, 0.25) is 0 Å². The summed E-state index contributed by atoms with van der Waals surface area (Å²) < 4.78 is 1.20. The molecule has 2 N–H and O–H groups in total. The van der Waals surface area contributed by atoms with Crippen LogP contribution in [0.5, 0.6) is 0 Å². The van der Waals surface area contributed by atoms with Crippen molar-refractivity contribution in [3.8, 4) is 0 Å². The van der Waals surface area contributed by atoms with Crippen LogP contribution >= 0.6 is 15.9 Å². The molecule has 0 aromatic heterocycles. The van der Waals surface area contributed by atoms with E-state index in [0.29, 0.717) is 6.04 Å². The molecule has 3 nitrogen and oxygen atoms in total. The van der Waals surface area contributed by atoms with Crippen molar-refractivity contribution in [2.24, 2.45) is 5.73 Å². The standard InChI is InChI=1S/C17H28BrN3/c1-4-14(19)10-13-7-8-17(16(18)11-13)21-9-5-6-15(12-21)20(2)3/h7-8,11,14-15H,4-6,9-10,12,19H2,1-3H3. The number of halogens is 1. The Morgan fingerprint density at radius 2 is 2.19 bits per heavy atom. The molecule has 1 saturated heterocycles. The fourth-order valence-electron chi connectivity index (χ4n) is 2.98. The smallest absolute Gasteiger partial charge is 0.0511 e. The summed E-state index contributed by atoms with van der Waals surface area (Å²) in [4.78, 5) is 4.84. The highest BCUT2D eigenvalue weighted by Gasteiger charge is 2.22. The first-order valence-corrected chi connectivity index (χ1v) is 8.76. The molecule has 0 spiro atoms. The minimum absolute atomic E-state index is 0.260. The zero-order valence-electron chi connectivity index (χ0n) is 13.5. The van der Waals surface area contributed by atoms with Gasteiger partial charge in [-0.15, -0.1) is 0 Å². The average Bonchev–Trinajstić information content (AvgIpc) is 2.47. The average molecular weight is 354 g/mol. The van der Waals surface area contributed by atoms with Crippen LogP contribution in [0.4, 0.5) is 5.69 Å². The van der Waals surface area contributed by atoms with Gasteiger partial charge in [-0.25, -0.2) is 0 Å². The molecule has 1 aliphatic heterocycles. The maximum Gasteiger partial charge on any atom is 0.0511 e. The summed E-state index contributed by atoms with van der Waals surface area (Å²) >= 11 is 3.76. The van der Waals surface area contributed by atoms with E-state index >= 15 is 0 Å². The minimum Gasteiger partial charge on any atom is -0.369 e. The number of rotatable bonds is 5. The predicted molar refractivity (Wildman–Crippen MR) is 95.0 cm³/mol. The van der Waals surface area contributed by atoms with Crippen LogP contribution in [0.25, 0.3) is 0 Å². The van der Waals surface area contributed by atoms with Crippen LogP contribution in [-0.2, 0) is 6.42 Å². The second-order valence-corrected chi connectivity index (χ2v) is 7.22. The van der Waals surface area contributed by atoms with Crippen molar-refractivity contribution >= 4 is 21.6 Å². The zero-order valence-corrected chi connectivity index (χ0v) is 15.1. The first-order chi connectivity index (χ1) is 10.0. The summed E-state index contributed by atoms with van der Waals surface area (Å²) in [5.41, 5.74) is 8.69. The molecule has 0 bridgehead atoms. The number of hydrogen-bond acceptors (Lipinski definition) is 3. The molecule has 21 heavy (non-hydrogen) atoms. The molecule has 4 heteroatoms. The summed E-state index contributed by atoms with van der Waals surface area (Å²) in [5, 5.41) is 0. The summed E-state index contributed by atoms with van der Waals surface area (Å²) in [6.07, 6.45) is 4.54. The second-order valence-electron chi connectivity index (χ2n) is 6.36. The number of anilines is 1. The molecular weight excluding hydrogens is 326 g/mol. The van der Waals surface area contributed by atoms with Crippen LogP contribution in [0.2, 0.25) is 0 Å². The number of hydrogen-bond donors (Lipinski definition) is 1. The molecule has 1 aromatic carbocycles. The Morgan fingerprint density at radius 1 is 1.43 bits per heavy atom. The topological polar surface area (TPSA) is 32.5 Å². The van der Waals surface area contributed by atoms with E-state index in [1.165, 1.54) is 28.6 Å². The lowest BCUT2D eigenvalue weighted by Gasteiger charge is -2.38.